The molecule has 1 aliphatic carbocycles. The third kappa shape index (κ3) is 4.70. The standard InChI is InChI=1S/C16H28N2O3/c1-11(2)6-8-21-9-7-18-12(3)10-14(19)17-15(16(18)20)13-4-5-13/h11-13,15H,4-10H2,1-3H3,(H,17,19). The summed E-state index contributed by atoms with van der Waals surface area (Å²) in [4.78, 5) is 26.3. The van der Waals surface area contributed by atoms with E-state index < -0.39 is 0 Å². The first-order valence-corrected chi connectivity index (χ1v) is 8.16. The lowest BCUT2D eigenvalue weighted by Crippen LogP contribution is -2.48. The van der Waals surface area contributed by atoms with Crippen LogP contribution in [0, 0.1) is 11.8 Å². The van der Waals surface area contributed by atoms with Crippen molar-refractivity contribution in [2.75, 3.05) is 19.8 Å². The second-order valence-electron chi connectivity index (χ2n) is 6.76. The minimum atomic E-state index is -0.307. The van der Waals surface area contributed by atoms with E-state index >= 15 is 0 Å². The number of amides is 2. The highest BCUT2D eigenvalue weighted by atomic mass is 16.5. The molecule has 120 valence electrons. The predicted molar refractivity (Wildman–Crippen MR) is 80.7 cm³/mol. The Morgan fingerprint density at radius 1 is 1.29 bits per heavy atom. The van der Waals surface area contributed by atoms with Gasteiger partial charge in [-0.1, -0.05) is 13.8 Å². The van der Waals surface area contributed by atoms with Crippen molar-refractivity contribution in [3.05, 3.63) is 0 Å². The zero-order valence-corrected chi connectivity index (χ0v) is 13.4. The van der Waals surface area contributed by atoms with Gasteiger partial charge in [0.2, 0.25) is 11.8 Å². The molecular weight excluding hydrogens is 268 g/mol. The highest BCUT2D eigenvalue weighted by molar-refractivity contribution is 5.91. The van der Waals surface area contributed by atoms with Crippen molar-refractivity contribution in [3.63, 3.8) is 0 Å². The molecule has 0 radical (unpaired) electrons. The number of nitrogens with one attached hydrogen (secondary N) is 1. The summed E-state index contributed by atoms with van der Waals surface area (Å²) in [5.74, 6) is 1.04. The monoisotopic (exact) mass is 296 g/mol. The fourth-order valence-corrected chi connectivity index (χ4v) is 2.73. The minimum absolute atomic E-state index is 0.00373. The van der Waals surface area contributed by atoms with Crippen molar-refractivity contribution in [1.29, 1.82) is 0 Å². The second kappa shape index (κ2) is 7.25. The number of carbonyl (C=O) groups excluding carboxylic acids is 2. The molecule has 0 spiro atoms. The van der Waals surface area contributed by atoms with E-state index in [1.807, 2.05) is 11.8 Å². The molecule has 0 aromatic heterocycles. The molecule has 2 aliphatic rings. The average molecular weight is 296 g/mol. The molecule has 2 atom stereocenters. The maximum atomic E-state index is 12.6. The fourth-order valence-electron chi connectivity index (χ4n) is 2.73. The quantitative estimate of drug-likeness (QED) is 0.725. The molecule has 21 heavy (non-hydrogen) atoms. The molecule has 2 amide bonds. The fraction of sp³-hybridized carbons (Fsp3) is 0.875. The number of nitrogens with zero attached hydrogens (tertiary/aromatic N) is 1. The second-order valence-corrected chi connectivity index (χ2v) is 6.76. The molecule has 5 heteroatoms. The number of rotatable bonds is 7. The first-order valence-electron chi connectivity index (χ1n) is 8.16. The minimum Gasteiger partial charge on any atom is -0.380 e. The molecule has 2 rings (SSSR count). The van der Waals surface area contributed by atoms with Crippen molar-refractivity contribution in [1.82, 2.24) is 10.2 Å². The number of hydrogen-bond donors (Lipinski definition) is 1. The Morgan fingerprint density at radius 3 is 2.62 bits per heavy atom. The highest BCUT2D eigenvalue weighted by Gasteiger charge is 2.42. The molecule has 2 unspecified atom stereocenters. The Morgan fingerprint density at radius 2 is 2.00 bits per heavy atom. The third-order valence-electron chi connectivity index (χ3n) is 4.29. The van der Waals surface area contributed by atoms with Crippen LogP contribution in [0.25, 0.3) is 0 Å². The van der Waals surface area contributed by atoms with Crippen LogP contribution in [0.15, 0.2) is 0 Å². The molecule has 1 saturated carbocycles. The van der Waals surface area contributed by atoms with Gasteiger partial charge in [0, 0.05) is 25.6 Å². The summed E-state index contributed by atoms with van der Waals surface area (Å²) < 4.78 is 5.62. The summed E-state index contributed by atoms with van der Waals surface area (Å²) in [5, 5.41) is 2.90. The van der Waals surface area contributed by atoms with Crippen LogP contribution in [-0.2, 0) is 14.3 Å². The first kappa shape index (κ1) is 16.3. The number of carbonyl (C=O) groups is 2. The summed E-state index contributed by atoms with van der Waals surface area (Å²) in [5.41, 5.74) is 0. The Hall–Kier alpha value is -1.10. The molecule has 5 nitrogen and oxygen atoms in total. The molecular formula is C16H28N2O3. The van der Waals surface area contributed by atoms with Crippen LogP contribution >= 0.6 is 0 Å². The number of ether oxygens (including phenoxy) is 1. The molecule has 2 fully saturated rings. The van der Waals surface area contributed by atoms with E-state index in [1.54, 1.807) is 0 Å². The number of hydrogen-bond acceptors (Lipinski definition) is 3. The van der Waals surface area contributed by atoms with Gasteiger partial charge < -0.3 is 15.0 Å². The zero-order chi connectivity index (χ0) is 15.4. The van der Waals surface area contributed by atoms with Gasteiger partial charge in [-0.2, -0.15) is 0 Å². The van der Waals surface area contributed by atoms with E-state index in [9.17, 15) is 9.59 Å². The normalized spacial score (nSPS) is 27.0. The maximum absolute atomic E-state index is 12.6. The molecule has 0 aromatic rings. The van der Waals surface area contributed by atoms with Gasteiger partial charge in [0.05, 0.1) is 6.61 Å². The van der Waals surface area contributed by atoms with Crippen molar-refractivity contribution >= 4 is 11.8 Å². The van der Waals surface area contributed by atoms with Crippen LogP contribution in [0.5, 0.6) is 0 Å². The summed E-state index contributed by atoms with van der Waals surface area (Å²) in [7, 11) is 0. The van der Waals surface area contributed by atoms with E-state index in [4.69, 9.17) is 4.74 Å². The van der Waals surface area contributed by atoms with Gasteiger partial charge in [0.25, 0.3) is 0 Å². The molecule has 0 bridgehead atoms. The van der Waals surface area contributed by atoms with Gasteiger partial charge in [-0.25, -0.2) is 0 Å². The van der Waals surface area contributed by atoms with Gasteiger partial charge >= 0.3 is 0 Å². The zero-order valence-electron chi connectivity index (χ0n) is 13.4. The van der Waals surface area contributed by atoms with Crippen LogP contribution in [0.4, 0.5) is 0 Å². The van der Waals surface area contributed by atoms with Gasteiger partial charge in [-0.3, -0.25) is 9.59 Å². The van der Waals surface area contributed by atoms with Gasteiger partial charge in [0.1, 0.15) is 6.04 Å². The lowest BCUT2D eigenvalue weighted by Gasteiger charge is -2.28. The van der Waals surface area contributed by atoms with E-state index in [2.05, 4.69) is 19.2 Å². The van der Waals surface area contributed by atoms with E-state index in [0.717, 1.165) is 25.9 Å². The predicted octanol–water partition coefficient (Wildman–Crippen LogP) is 1.56. The summed E-state index contributed by atoms with van der Waals surface area (Å²) in [6, 6.07) is -0.354. The smallest absolute Gasteiger partial charge is 0.245 e. The van der Waals surface area contributed by atoms with Crippen LogP contribution in [-0.4, -0.2) is 48.6 Å². The van der Waals surface area contributed by atoms with Crippen LogP contribution < -0.4 is 5.32 Å². The molecule has 1 aliphatic heterocycles. The summed E-state index contributed by atoms with van der Waals surface area (Å²) >= 11 is 0. The molecule has 1 saturated heterocycles. The van der Waals surface area contributed by atoms with E-state index in [0.29, 0.717) is 31.4 Å². The highest BCUT2D eigenvalue weighted by Crippen LogP contribution is 2.34. The van der Waals surface area contributed by atoms with Crippen molar-refractivity contribution in [2.45, 2.75) is 58.5 Å². The van der Waals surface area contributed by atoms with Gasteiger partial charge in [-0.15, -0.1) is 0 Å². The van der Waals surface area contributed by atoms with Crippen LogP contribution in [0.3, 0.4) is 0 Å². The summed E-state index contributed by atoms with van der Waals surface area (Å²) in [6.45, 7) is 8.14. The lowest BCUT2D eigenvalue weighted by atomic mass is 10.1. The largest absolute Gasteiger partial charge is 0.380 e. The van der Waals surface area contributed by atoms with Crippen molar-refractivity contribution < 1.29 is 14.3 Å². The lowest BCUT2D eigenvalue weighted by molar-refractivity contribution is -0.136. The third-order valence-corrected chi connectivity index (χ3v) is 4.29. The summed E-state index contributed by atoms with van der Waals surface area (Å²) in [6.07, 6.45) is 3.52. The van der Waals surface area contributed by atoms with Crippen LogP contribution in [0.1, 0.15) is 46.5 Å². The van der Waals surface area contributed by atoms with E-state index in [-0.39, 0.29) is 23.9 Å². The van der Waals surface area contributed by atoms with E-state index in [1.165, 1.54) is 0 Å². The Kier molecular flexibility index (Phi) is 5.62. The van der Waals surface area contributed by atoms with Crippen molar-refractivity contribution in [2.24, 2.45) is 11.8 Å². The molecule has 1 N–H and O–H groups in total. The van der Waals surface area contributed by atoms with Crippen molar-refractivity contribution in [3.8, 4) is 0 Å². The Labute approximate surface area is 127 Å². The SMILES string of the molecule is CC(C)CCOCCN1C(=O)C(C2CC2)NC(=O)CC1C. The molecule has 1 heterocycles. The topological polar surface area (TPSA) is 58.6 Å². The maximum Gasteiger partial charge on any atom is 0.245 e. The first-order chi connectivity index (χ1) is 9.99. The van der Waals surface area contributed by atoms with Crippen LogP contribution in [0.2, 0.25) is 0 Å². The van der Waals surface area contributed by atoms with Gasteiger partial charge in [0.15, 0.2) is 0 Å². The van der Waals surface area contributed by atoms with Gasteiger partial charge in [-0.05, 0) is 38.0 Å². The Balaban J connectivity index is 1.85. The molecule has 0 aromatic carbocycles. The Bertz CT molecular complexity index is 380. The average Bonchev–Trinajstić information content (AvgIpc) is 3.22.